The lowest BCUT2D eigenvalue weighted by atomic mass is 9.99. The fourth-order valence-corrected chi connectivity index (χ4v) is 2.01. The molecule has 0 spiro atoms. The van der Waals surface area contributed by atoms with Gasteiger partial charge in [0.25, 0.3) is 0 Å². The Morgan fingerprint density at radius 1 is 1.00 bits per heavy atom. The second-order valence-electron chi connectivity index (χ2n) is 5.21. The average molecular weight is 342 g/mol. The number of carbonyl (C=O) groups excluding carboxylic acids is 1. The van der Waals surface area contributed by atoms with E-state index in [0.29, 0.717) is 0 Å². The van der Waals surface area contributed by atoms with Gasteiger partial charge in [0.1, 0.15) is 48.8 Å². The van der Waals surface area contributed by atoms with Crippen LogP contribution >= 0.6 is 0 Å². The highest BCUT2D eigenvalue weighted by Crippen LogP contribution is 2.22. The molecule has 136 valence electrons. The molecule has 1 rings (SSSR count). The molecule has 1 heterocycles. The summed E-state index contributed by atoms with van der Waals surface area (Å²) in [6, 6.07) is 0. The number of aliphatic hydroxyl groups excluding tert-OH is 8. The van der Waals surface area contributed by atoms with Gasteiger partial charge in [-0.3, -0.25) is 0 Å². The molecule has 0 amide bonds. The molecule has 0 aromatic rings. The zero-order chi connectivity index (χ0) is 17.7. The topological polar surface area (TPSA) is 197 Å². The van der Waals surface area contributed by atoms with E-state index in [1.165, 1.54) is 0 Å². The largest absolute Gasteiger partial charge is 0.394 e. The Hall–Kier alpha value is -0.730. The van der Waals surface area contributed by atoms with Crippen molar-refractivity contribution in [3.05, 3.63) is 0 Å². The molecular weight excluding hydrogens is 320 g/mol. The van der Waals surface area contributed by atoms with Crippen molar-refractivity contribution in [1.29, 1.82) is 0 Å². The molecule has 0 unspecified atom stereocenters. The lowest BCUT2D eigenvalue weighted by Gasteiger charge is -2.40. The smallest absolute Gasteiger partial charge is 0.186 e. The average Bonchev–Trinajstić information content (AvgIpc) is 2.56. The third-order valence-electron chi connectivity index (χ3n) is 3.51. The minimum absolute atomic E-state index is 0.0287. The standard InChI is InChI=1S/C12H22O11/c13-1-4(15)7(17)8(18)5(16)3-22-12-11(21)10(20)9(19)6(2-14)23-12/h1,4-12,14-21H,2-3H2/t4-,5-,6-,7-,8-,9+,10+,11-,12+/m1/s1. The second kappa shape index (κ2) is 8.94. The number of ether oxygens (including phenoxy) is 2. The van der Waals surface area contributed by atoms with Crippen LogP contribution in [0.2, 0.25) is 0 Å². The minimum atomic E-state index is -1.96. The predicted molar refractivity (Wildman–Crippen MR) is 69.8 cm³/mol. The Morgan fingerprint density at radius 3 is 2.13 bits per heavy atom. The maximum absolute atomic E-state index is 10.3. The quantitative estimate of drug-likeness (QED) is 0.196. The molecule has 1 fully saturated rings. The summed E-state index contributed by atoms with van der Waals surface area (Å²) in [7, 11) is 0. The summed E-state index contributed by atoms with van der Waals surface area (Å²) in [4.78, 5) is 10.3. The Bertz CT molecular complexity index is 365. The molecule has 0 radical (unpaired) electrons. The van der Waals surface area contributed by atoms with E-state index in [4.69, 9.17) is 19.7 Å². The van der Waals surface area contributed by atoms with Gasteiger partial charge in [-0.1, -0.05) is 0 Å². The molecule has 11 nitrogen and oxygen atoms in total. The van der Waals surface area contributed by atoms with E-state index in [9.17, 15) is 35.4 Å². The predicted octanol–water partition coefficient (Wildman–Crippen LogP) is -5.55. The van der Waals surface area contributed by atoms with E-state index in [1.807, 2.05) is 0 Å². The second-order valence-corrected chi connectivity index (χ2v) is 5.21. The zero-order valence-corrected chi connectivity index (χ0v) is 12.0. The molecule has 1 aliphatic heterocycles. The highest BCUT2D eigenvalue weighted by atomic mass is 16.7. The summed E-state index contributed by atoms with van der Waals surface area (Å²) in [5.74, 6) is 0. The van der Waals surface area contributed by atoms with Crippen molar-refractivity contribution < 1.29 is 55.1 Å². The van der Waals surface area contributed by atoms with Gasteiger partial charge >= 0.3 is 0 Å². The van der Waals surface area contributed by atoms with Crippen molar-refractivity contribution >= 4 is 6.29 Å². The molecule has 0 bridgehead atoms. The van der Waals surface area contributed by atoms with Crippen LogP contribution in [0.1, 0.15) is 0 Å². The third-order valence-corrected chi connectivity index (χ3v) is 3.51. The molecule has 0 saturated carbocycles. The van der Waals surface area contributed by atoms with Crippen molar-refractivity contribution in [2.75, 3.05) is 13.2 Å². The number of hydrogen-bond acceptors (Lipinski definition) is 11. The first-order valence-electron chi connectivity index (χ1n) is 6.84. The van der Waals surface area contributed by atoms with Crippen molar-refractivity contribution in [2.24, 2.45) is 0 Å². The molecule has 1 aliphatic rings. The van der Waals surface area contributed by atoms with Crippen molar-refractivity contribution in [2.45, 2.75) is 55.1 Å². The molecule has 0 aromatic carbocycles. The Kier molecular flexibility index (Phi) is 7.89. The summed E-state index contributed by atoms with van der Waals surface area (Å²) in [6.45, 7) is -1.37. The van der Waals surface area contributed by atoms with Gasteiger partial charge in [0.2, 0.25) is 0 Å². The first-order valence-corrected chi connectivity index (χ1v) is 6.84. The maximum Gasteiger partial charge on any atom is 0.186 e. The highest BCUT2D eigenvalue weighted by Gasteiger charge is 2.44. The highest BCUT2D eigenvalue weighted by molar-refractivity contribution is 5.56. The van der Waals surface area contributed by atoms with E-state index in [-0.39, 0.29) is 6.29 Å². The van der Waals surface area contributed by atoms with Crippen LogP contribution in [-0.2, 0) is 14.3 Å². The van der Waals surface area contributed by atoms with Gasteiger partial charge in [0.05, 0.1) is 13.2 Å². The van der Waals surface area contributed by atoms with Gasteiger partial charge < -0.3 is 55.1 Å². The number of aliphatic hydroxyl groups is 8. The van der Waals surface area contributed by atoms with E-state index in [1.54, 1.807) is 0 Å². The normalized spacial score (nSPS) is 37.0. The van der Waals surface area contributed by atoms with Crippen LogP contribution in [0.15, 0.2) is 0 Å². The molecule has 9 atom stereocenters. The molecular formula is C12H22O11. The van der Waals surface area contributed by atoms with Gasteiger partial charge in [-0.2, -0.15) is 0 Å². The molecule has 1 saturated heterocycles. The van der Waals surface area contributed by atoms with Crippen LogP contribution in [0.4, 0.5) is 0 Å². The minimum Gasteiger partial charge on any atom is -0.394 e. The Balaban J connectivity index is 2.57. The van der Waals surface area contributed by atoms with Crippen molar-refractivity contribution in [3.8, 4) is 0 Å². The van der Waals surface area contributed by atoms with E-state index < -0.39 is 68.3 Å². The van der Waals surface area contributed by atoms with Gasteiger partial charge in [-0.05, 0) is 0 Å². The van der Waals surface area contributed by atoms with E-state index >= 15 is 0 Å². The van der Waals surface area contributed by atoms with Crippen LogP contribution in [0, 0.1) is 0 Å². The summed E-state index contributed by atoms with van der Waals surface area (Å²) in [5, 5.41) is 75.4. The first kappa shape index (κ1) is 20.3. The lowest BCUT2D eigenvalue weighted by molar-refractivity contribution is -0.306. The van der Waals surface area contributed by atoms with Gasteiger partial charge in [-0.15, -0.1) is 0 Å². The monoisotopic (exact) mass is 342 g/mol. The molecule has 11 heteroatoms. The van der Waals surface area contributed by atoms with Crippen LogP contribution in [0.5, 0.6) is 0 Å². The molecule has 0 aliphatic carbocycles. The summed E-state index contributed by atoms with van der Waals surface area (Å²) in [5.41, 5.74) is 0. The van der Waals surface area contributed by atoms with E-state index in [0.717, 1.165) is 0 Å². The van der Waals surface area contributed by atoms with Crippen LogP contribution in [-0.4, -0.2) is 115 Å². The third kappa shape index (κ3) is 4.87. The zero-order valence-electron chi connectivity index (χ0n) is 12.0. The molecule has 0 aromatic heterocycles. The first-order chi connectivity index (χ1) is 10.7. The van der Waals surface area contributed by atoms with Crippen LogP contribution < -0.4 is 0 Å². The van der Waals surface area contributed by atoms with Crippen LogP contribution in [0.25, 0.3) is 0 Å². The number of rotatable bonds is 8. The van der Waals surface area contributed by atoms with Gasteiger partial charge in [-0.25, -0.2) is 0 Å². The summed E-state index contributed by atoms with van der Waals surface area (Å²) >= 11 is 0. The maximum atomic E-state index is 10.3. The fourth-order valence-electron chi connectivity index (χ4n) is 2.01. The Morgan fingerprint density at radius 2 is 1.61 bits per heavy atom. The summed E-state index contributed by atoms with van der Waals surface area (Å²) < 4.78 is 9.94. The van der Waals surface area contributed by atoms with E-state index in [2.05, 4.69) is 0 Å². The van der Waals surface area contributed by atoms with Gasteiger partial charge in [0.15, 0.2) is 12.6 Å². The molecule has 8 N–H and O–H groups in total. The number of aldehydes is 1. The van der Waals surface area contributed by atoms with Gasteiger partial charge in [0, 0.05) is 0 Å². The Labute approximate surface area is 130 Å². The lowest BCUT2D eigenvalue weighted by Crippen LogP contribution is -2.59. The number of hydrogen-bond donors (Lipinski definition) is 8. The number of carbonyl (C=O) groups is 1. The molecule has 23 heavy (non-hydrogen) atoms. The summed E-state index contributed by atoms with van der Waals surface area (Å²) in [6.07, 6.45) is -15.3. The fraction of sp³-hybridized carbons (Fsp3) is 0.917. The van der Waals surface area contributed by atoms with Crippen LogP contribution in [0.3, 0.4) is 0 Å². The van der Waals surface area contributed by atoms with Crippen molar-refractivity contribution in [1.82, 2.24) is 0 Å². The van der Waals surface area contributed by atoms with Crippen molar-refractivity contribution in [3.63, 3.8) is 0 Å². The SMILES string of the molecule is O=C[C@@H](O)[C@@H](O)[C@H](O)[C@H](O)CO[C@H]1O[C@H](CO)[C@H](O)[C@H](O)[C@H]1O.